The predicted molar refractivity (Wildman–Crippen MR) is 304 cm³/mol. The van der Waals surface area contributed by atoms with Crippen LogP contribution in [0.3, 0.4) is 0 Å². The molecular weight excluding hydrogens is 857 g/mol. The van der Waals surface area contributed by atoms with E-state index in [0.29, 0.717) is 0 Å². The lowest BCUT2D eigenvalue weighted by molar-refractivity contribution is 0.569. The number of hydrogen-bond donors (Lipinski definition) is 0. The second-order valence-electron chi connectivity index (χ2n) is 22.2. The summed E-state index contributed by atoms with van der Waals surface area (Å²) in [7, 11) is 0. The van der Waals surface area contributed by atoms with Crippen LogP contribution in [-0.4, -0.2) is 4.57 Å². The number of nitrogens with zero attached hydrogens (tertiary/aromatic N) is 2. The Morgan fingerprint density at radius 1 is 0.394 bits per heavy atom. The molecule has 71 heavy (non-hydrogen) atoms. The van der Waals surface area contributed by atoms with Gasteiger partial charge in [-0.05, 0) is 114 Å². The van der Waals surface area contributed by atoms with Crippen molar-refractivity contribution >= 4 is 49.6 Å². The first-order valence-electron chi connectivity index (χ1n) is 25.3. The van der Waals surface area contributed by atoms with Crippen molar-refractivity contribution in [1.29, 1.82) is 0 Å². The van der Waals surface area contributed by atoms with E-state index in [1.807, 2.05) is 0 Å². The lowest BCUT2D eigenvalue weighted by atomic mass is 9.78. The van der Waals surface area contributed by atoms with Gasteiger partial charge in [-0.25, -0.2) is 0 Å². The van der Waals surface area contributed by atoms with E-state index in [-0.39, 0.29) is 16.2 Å². The summed E-state index contributed by atoms with van der Waals surface area (Å²) in [4.78, 5) is 2.55. The summed E-state index contributed by atoms with van der Waals surface area (Å²) in [5.41, 5.74) is 21.9. The van der Waals surface area contributed by atoms with Gasteiger partial charge in [0, 0.05) is 44.3 Å². The fraction of sp³-hybridized carbons (Fsp3) is 0.159. The maximum atomic E-state index is 2.55. The van der Waals surface area contributed by atoms with Crippen LogP contribution in [0.1, 0.15) is 77.6 Å². The van der Waals surface area contributed by atoms with Crippen molar-refractivity contribution in [2.24, 2.45) is 0 Å². The fourth-order valence-electron chi connectivity index (χ4n) is 11.6. The molecule has 0 bridgehead atoms. The van der Waals surface area contributed by atoms with Gasteiger partial charge in [0.25, 0.3) is 0 Å². The Morgan fingerprint density at radius 3 is 1.61 bits per heavy atom. The first kappa shape index (κ1) is 44.3. The highest BCUT2D eigenvalue weighted by molar-refractivity contribution is 6.15. The van der Waals surface area contributed by atoms with Crippen LogP contribution in [0.2, 0.25) is 0 Å². The number of fused-ring (bicyclic) bond motifs is 7. The molecule has 12 rings (SSSR count). The zero-order valence-electron chi connectivity index (χ0n) is 42.2. The van der Waals surface area contributed by atoms with E-state index in [2.05, 4.69) is 283 Å². The van der Waals surface area contributed by atoms with Crippen molar-refractivity contribution in [3.05, 3.63) is 241 Å². The van der Waals surface area contributed by atoms with E-state index in [0.717, 1.165) is 28.3 Å². The Balaban J connectivity index is 1.15. The molecule has 11 aromatic rings. The molecule has 1 aromatic heterocycles. The number of benzene rings is 10. The Morgan fingerprint density at radius 2 is 0.915 bits per heavy atom. The third kappa shape index (κ3) is 7.30. The van der Waals surface area contributed by atoms with Gasteiger partial charge in [-0.15, -0.1) is 0 Å². The fourth-order valence-corrected chi connectivity index (χ4v) is 11.6. The molecule has 1 aliphatic rings. The Kier molecular flexibility index (Phi) is 10.4. The molecule has 0 spiro atoms. The van der Waals surface area contributed by atoms with Gasteiger partial charge >= 0.3 is 0 Å². The summed E-state index contributed by atoms with van der Waals surface area (Å²) in [6.45, 7) is 18.7. The molecule has 0 aliphatic heterocycles. The van der Waals surface area contributed by atoms with Gasteiger partial charge in [0.05, 0.1) is 22.4 Å². The summed E-state index contributed by atoms with van der Waals surface area (Å²) < 4.78 is 2.46. The second-order valence-corrected chi connectivity index (χ2v) is 22.2. The SMILES string of the molecule is CC(C)(C)c1cc(-c2cccc3cccc(-c4ccccc4N(c4ccc5c(c4)C(C)(C)c4ccccc4-5)c4ccccc4-c4cccc5c6ccccc6n(-c6ccccc6)c45)c23)cc(C(C)(C)C)c1. The minimum atomic E-state index is -0.188. The maximum Gasteiger partial charge on any atom is 0.0620 e. The maximum absolute atomic E-state index is 2.55. The van der Waals surface area contributed by atoms with E-state index >= 15 is 0 Å². The van der Waals surface area contributed by atoms with Gasteiger partial charge in [0.15, 0.2) is 0 Å². The Hall–Kier alpha value is -7.94. The molecule has 2 heteroatoms. The highest BCUT2D eigenvalue weighted by Gasteiger charge is 2.36. The van der Waals surface area contributed by atoms with Crippen LogP contribution in [0.4, 0.5) is 17.1 Å². The van der Waals surface area contributed by atoms with Crippen LogP contribution < -0.4 is 4.90 Å². The molecule has 346 valence electrons. The van der Waals surface area contributed by atoms with Crippen LogP contribution in [0.25, 0.3) is 82.8 Å². The average Bonchev–Trinajstić information content (AvgIpc) is 3.84. The van der Waals surface area contributed by atoms with Gasteiger partial charge in [0.1, 0.15) is 0 Å². The molecular formula is C69H60N2. The molecule has 0 N–H and O–H groups in total. The van der Waals surface area contributed by atoms with Crippen LogP contribution in [0.15, 0.2) is 218 Å². The molecule has 2 nitrogen and oxygen atoms in total. The number of aromatic nitrogens is 1. The largest absolute Gasteiger partial charge is 0.309 e. The first-order valence-corrected chi connectivity index (χ1v) is 25.3. The van der Waals surface area contributed by atoms with E-state index in [4.69, 9.17) is 0 Å². The summed E-state index contributed by atoms with van der Waals surface area (Å²) >= 11 is 0. The van der Waals surface area contributed by atoms with Crippen LogP contribution in [-0.2, 0) is 16.2 Å². The molecule has 0 radical (unpaired) electrons. The lowest BCUT2D eigenvalue weighted by Crippen LogP contribution is -2.17. The van der Waals surface area contributed by atoms with Crippen molar-refractivity contribution in [1.82, 2.24) is 4.57 Å². The Labute approximate surface area is 419 Å². The van der Waals surface area contributed by atoms with Crippen molar-refractivity contribution in [2.75, 3.05) is 4.90 Å². The van der Waals surface area contributed by atoms with Crippen molar-refractivity contribution in [2.45, 2.75) is 71.6 Å². The van der Waals surface area contributed by atoms with Crippen LogP contribution in [0, 0.1) is 0 Å². The topological polar surface area (TPSA) is 8.17 Å². The number of rotatable bonds is 7. The highest BCUT2D eigenvalue weighted by atomic mass is 15.1. The highest BCUT2D eigenvalue weighted by Crippen LogP contribution is 2.53. The van der Waals surface area contributed by atoms with Crippen molar-refractivity contribution < 1.29 is 0 Å². The van der Waals surface area contributed by atoms with Gasteiger partial charge in [-0.1, -0.05) is 231 Å². The molecule has 0 saturated carbocycles. The quantitative estimate of drug-likeness (QED) is 0.155. The smallest absolute Gasteiger partial charge is 0.0620 e. The van der Waals surface area contributed by atoms with Crippen molar-refractivity contribution in [3.63, 3.8) is 0 Å². The van der Waals surface area contributed by atoms with Gasteiger partial charge in [-0.2, -0.15) is 0 Å². The number of anilines is 3. The first-order chi connectivity index (χ1) is 34.3. The van der Waals surface area contributed by atoms with Gasteiger partial charge in [-0.3, -0.25) is 0 Å². The monoisotopic (exact) mass is 916 g/mol. The summed E-state index contributed by atoms with van der Waals surface area (Å²) in [6.07, 6.45) is 0. The van der Waals surface area contributed by atoms with E-state index in [1.165, 1.54) is 93.8 Å². The van der Waals surface area contributed by atoms with E-state index in [1.54, 1.807) is 0 Å². The summed E-state index contributed by atoms with van der Waals surface area (Å²) in [5.74, 6) is 0. The minimum Gasteiger partial charge on any atom is -0.309 e. The molecule has 1 aliphatic carbocycles. The zero-order valence-corrected chi connectivity index (χ0v) is 42.2. The van der Waals surface area contributed by atoms with E-state index in [9.17, 15) is 0 Å². The third-order valence-electron chi connectivity index (χ3n) is 15.3. The Bertz CT molecular complexity index is 3830. The normalized spacial score (nSPS) is 13.2. The van der Waals surface area contributed by atoms with Gasteiger partial charge in [0.2, 0.25) is 0 Å². The summed E-state index contributed by atoms with van der Waals surface area (Å²) in [6, 6.07) is 81.8. The molecule has 0 atom stereocenters. The number of hydrogen-bond acceptors (Lipinski definition) is 1. The lowest BCUT2D eigenvalue weighted by Gasteiger charge is -2.32. The van der Waals surface area contributed by atoms with Crippen molar-refractivity contribution in [3.8, 4) is 50.2 Å². The van der Waals surface area contributed by atoms with Crippen LogP contribution >= 0.6 is 0 Å². The summed E-state index contributed by atoms with van der Waals surface area (Å²) in [5, 5.41) is 4.94. The van der Waals surface area contributed by atoms with Gasteiger partial charge < -0.3 is 9.47 Å². The molecule has 10 aromatic carbocycles. The standard InChI is InChI=1S/C69H60N2/c1-67(2,3)47-41-46(42-48(43-47)68(4,5)6)51-31-20-23-45-24-21-32-57(65(45)51)54-28-13-17-36-62(54)70(50-39-40-53-52-27-12-16-35-60(52)69(7,8)61(53)44-50)63-37-18-14-29-55(63)58-33-22-34-59-56-30-15-19-38-64(56)71(66(58)59)49-25-10-9-11-26-49/h9-44H,1-8H3. The zero-order chi connectivity index (χ0) is 48.8. The molecule has 1 heterocycles. The molecule has 0 unspecified atom stereocenters. The van der Waals surface area contributed by atoms with Crippen LogP contribution in [0.5, 0.6) is 0 Å². The average molecular weight is 917 g/mol. The van der Waals surface area contributed by atoms with E-state index < -0.39 is 0 Å². The third-order valence-corrected chi connectivity index (χ3v) is 15.3. The molecule has 0 fully saturated rings. The minimum absolute atomic E-state index is 0.0184. The molecule has 0 saturated heterocycles. The molecule has 0 amide bonds. The predicted octanol–water partition coefficient (Wildman–Crippen LogP) is 19.3. The second kappa shape index (κ2) is 16.6. The number of para-hydroxylation sites is 5.